The molecule has 0 saturated carbocycles. The van der Waals surface area contributed by atoms with Crippen LogP contribution in [0.2, 0.25) is 0 Å². The second-order valence-corrected chi connectivity index (χ2v) is 8.56. The number of nitrogens with zero attached hydrogens (tertiary/aromatic N) is 4. The van der Waals surface area contributed by atoms with Gasteiger partial charge in [0.25, 0.3) is 5.56 Å². The van der Waals surface area contributed by atoms with Crippen molar-refractivity contribution in [3.05, 3.63) is 50.2 Å². The van der Waals surface area contributed by atoms with Crippen molar-refractivity contribution in [2.45, 2.75) is 39.7 Å². The van der Waals surface area contributed by atoms with Crippen LogP contribution >= 0.6 is 11.3 Å². The highest BCUT2D eigenvalue weighted by molar-refractivity contribution is 7.22. The van der Waals surface area contributed by atoms with Gasteiger partial charge in [-0.15, -0.1) is 0 Å². The Morgan fingerprint density at radius 3 is 2.67 bits per heavy atom. The Labute approximate surface area is 177 Å². The summed E-state index contributed by atoms with van der Waals surface area (Å²) < 4.78 is 2.75. The van der Waals surface area contributed by atoms with Crippen LogP contribution in [0, 0.1) is 6.92 Å². The highest BCUT2D eigenvalue weighted by Gasteiger charge is 2.22. The van der Waals surface area contributed by atoms with Crippen LogP contribution in [0.1, 0.15) is 30.9 Å². The predicted octanol–water partition coefficient (Wildman–Crippen LogP) is 2.27. The number of carbonyl (C=O) groups is 1. The molecule has 3 aromatic rings. The minimum atomic E-state index is -0.540. The van der Waals surface area contributed by atoms with E-state index < -0.39 is 5.69 Å². The maximum atomic E-state index is 12.9. The van der Waals surface area contributed by atoms with Gasteiger partial charge in [-0.25, -0.2) is 9.78 Å². The molecule has 0 atom stereocenters. The van der Waals surface area contributed by atoms with E-state index in [4.69, 9.17) is 0 Å². The zero-order valence-electron chi connectivity index (χ0n) is 17.4. The number of carbonyl (C=O) groups excluding carboxylic acids is 1. The lowest BCUT2D eigenvalue weighted by Crippen LogP contribution is -2.40. The minimum absolute atomic E-state index is 0.204. The molecule has 30 heavy (non-hydrogen) atoms. The molecule has 1 amide bonds. The Hall–Kier alpha value is -2.94. The first kappa shape index (κ1) is 20.3. The van der Waals surface area contributed by atoms with Gasteiger partial charge in [0.2, 0.25) is 5.91 Å². The molecule has 3 heterocycles. The van der Waals surface area contributed by atoms with Crippen molar-refractivity contribution in [3.8, 4) is 0 Å². The van der Waals surface area contributed by atoms with E-state index in [0.29, 0.717) is 4.70 Å². The quantitative estimate of drug-likeness (QED) is 0.675. The standard InChI is InChI=1S/C21H25N5O3S/c1-4-14-9-7-8-13(2)16(14)22-15(27)12-26-18-17(19(28)24(3)21(26)29)30-20(23-18)25-10-5-6-11-25/h7-9H,4-6,10-12H2,1-3H3,(H,22,27). The molecular formula is C21H25N5O3S. The van der Waals surface area contributed by atoms with Gasteiger partial charge in [-0.05, 0) is 37.3 Å². The average Bonchev–Trinajstić information content (AvgIpc) is 3.41. The molecule has 0 spiro atoms. The van der Waals surface area contributed by atoms with Gasteiger partial charge in [0.05, 0.1) is 0 Å². The Balaban J connectivity index is 1.72. The third-order valence-electron chi connectivity index (χ3n) is 5.55. The van der Waals surface area contributed by atoms with Crippen molar-refractivity contribution in [3.63, 3.8) is 0 Å². The van der Waals surface area contributed by atoms with E-state index in [1.165, 1.54) is 23.0 Å². The van der Waals surface area contributed by atoms with Crippen molar-refractivity contribution in [2.24, 2.45) is 7.05 Å². The lowest BCUT2D eigenvalue weighted by atomic mass is 10.1. The number of fused-ring (bicyclic) bond motifs is 1. The summed E-state index contributed by atoms with van der Waals surface area (Å²) in [7, 11) is 1.43. The van der Waals surface area contributed by atoms with E-state index in [2.05, 4.69) is 15.2 Å². The van der Waals surface area contributed by atoms with Gasteiger partial charge in [-0.3, -0.25) is 18.7 Å². The number of anilines is 2. The molecule has 4 rings (SSSR count). The zero-order chi connectivity index (χ0) is 21.4. The summed E-state index contributed by atoms with van der Waals surface area (Å²) in [5.74, 6) is -0.322. The number of aryl methyl sites for hydroxylation is 2. The summed E-state index contributed by atoms with van der Waals surface area (Å²) in [5.41, 5.74) is 2.14. The molecule has 0 unspecified atom stereocenters. The Bertz CT molecular complexity index is 1230. The summed E-state index contributed by atoms with van der Waals surface area (Å²) in [6, 6.07) is 5.87. The summed E-state index contributed by atoms with van der Waals surface area (Å²) in [6.07, 6.45) is 2.95. The fraction of sp³-hybridized carbons (Fsp3) is 0.429. The maximum absolute atomic E-state index is 12.9. The molecule has 1 aliphatic rings. The molecule has 2 aromatic heterocycles. The number of benzene rings is 1. The molecule has 0 radical (unpaired) electrons. The number of nitrogens with one attached hydrogen (secondary N) is 1. The summed E-state index contributed by atoms with van der Waals surface area (Å²) in [4.78, 5) is 45.0. The van der Waals surface area contributed by atoms with Gasteiger partial charge in [0, 0.05) is 25.8 Å². The van der Waals surface area contributed by atoms with Gasteiger partial charge >= 0.3 is 5.69 Å². The van der Waals surface area contributed by atoms with Crippen molar-refractivity contribution >= 4 is 38.4 Å². The van der Waals surface area contributed by atoms with Crippen LogP contribution in [-0.4, -0.2) is 33.1 Å². The van der Waals surface area contributed by atoms with E-state index >= 15 is 0 Å². The fourth-order valence-electron chi connectivity index (χ4n) is 3.84. The van der Waals surface area contributed by atoms with Gasteiger partial charge < -0.3 is 10.2 Å². The lowest BCUT2D eigenvalue weighted by Gasteiger charge is -2.14. The number of hydrogen-bond donors (Lipinski definition) is 1. The lowest BCUT2D eigenvalue weighted by molar-refractivity contribution is -0.116. The first-order chi connectivity index (χ1) is 14.4. The fourth-order valence-corrected chi connectivity index (χ4v) is 4.94. The summed E-state index contributed by atoms with van der Waals surface area (Å²) in [6.45, 7) is 5.54. The summed E-state index contributed by atoms with van der Waals surface area (Å²) >= 11 is 1.29. The van der Waals surface area contributed by atoms with Crippen LogP contribution in [0.4, 0.5) is 10.8 Å². The van der Waals surface area contributed by atoms with E-state index in [9.17, 15) is 14.4 Å². The molecule has 158 valence electrons. The molecule has 1 N–H and O–H groups in total. The van der Waals surface area contributed by atoms with E-state index in [-0.39, 0.29) is 23.7 Å². The Kier molecular flexibility index (Phi) is 5.46. The normalized spacial score (nSPS) is 13.9. The largest absolute Gasteiger partial charge is 0.348 e. The van der Waals surface area contributed by atoms with Crippen LogP contribution in [0.25, 0.3) is 10.3 Å². The molecule has 8 nitrogen and oxygen atoms in total. The minimum Gasteiger partial charge on any atom is -0.348 e. The van der Waals surface area contributed by atoms with Crippen LogP contribution in [0.15, 0.2) is 27.8 Å². The number of thiazole rings is 1. The van der Waals surface area contributed by atoms with Gasteiger partial charge in [0.15, 0.2) is 10.8 Å². The van der Waals surface area contributed by atoms with Gasteiger partial charge in [0.1, 0.15) is 11.2 Å². The highest BCUT2D eigenvalue weighted by Crippen LogP contribution is 2.28. The van der Waals surface area contributed by atoms with Gasteiger partial charge in [-0.1, -0.05) is 36.5 Å². The van der Waals surface area contributed by atoms with Crippen LogP contribution < -0.4 is 21.5 Å². The Morgan fingerprint density at radius 2 is 1.97 bits per heavy atom. The number of amides is 1. The van der Waals surface area contributed by atoms with Gasteiger partial charge in [-0.2, -0.15) is 0 Å². The highest BCUT2D eigenvalue weighted by atomic mass is 32.1. The number of aromatic nitrogens is 3. The first-order valence-corrected chi connectivity index (χ1v) is 11.0. The second kappa shape index (κ2) is 8.06. The molecule has 0 bridgehead atoms. The van der Waals surface area contributed by atoms with Crippen LogP contribution in [0.5, 0.6) is 0 Å². The number of rotatable bonds is 5. The maximum Gasteiger partial charge on any atom is 0.332 e. The smallest absolute Gasteiger partial charge is 0.332 e. The first-order valence-electron chi connectivity index (χ1n) is 10.1. The predicted molar refractivity (Wildman–Crippen MR) is 120 cm³/mol. The molecule has 1 saturated heterocycles. The van der Waals surface area contributed by atoms with Crippen LogP contribution in [0.3, 0.4) is 0 Å². The average molecular weight is 428 g/mol. The SMILES string of the molecule is CCc1cccc(C)c1NC(=O)Cn1c(=O)n(C)c(=O)c2sc(N3CCCC3)nc21. The molecule has 1 aliphatic heterocycles. The number of hydrogen-bond acceptors (Lipinski definition) is 6. The molecule has 1 aromatic carbocycles. The van der Waals surface area contributed by atoms with Crippen molar-refractivity contribution in [2.75, 3.05) is 23.3 Å². The molecule has 9 heteroatoms. The van der Waals surface area contributed by atoms with Crippen LogP contribution in [-0.2, 0) is 24.8 Å². The van der Waals surface area contributed by atoms with E-state index in [1.54, 1.807) is 0 Å². The van der Waals surface area contributed by atoms with Crippen molar-refractivity contribution in [1.82, 2.24) is 14.1 Å². The van der Waals surface area contributed by atoms with Crippen molar-refractivity contribution < 1.29 is 4.79 Å². The zero-order valence-corrected chi connectivity index (χ0v) is 18.2. The molecule has 0 aliphatic carbocycles. The number of para-hydroxylation sites is 1. The second-order valence-electron chi connectivity index (χ2n) is 7.59. The Morgan fingerprint density at radius 1 is 1.23 bits per heavy atom. The summed E-state index contributed by atoms with van der Waals surface area (Å²) in [5, 5.41) is 3.67. The molecular weight excluding hydrogens is 402 g/mol. The van der Waals surface area contributed by atoms with Crippen molar-refractivity contribution in [1.29, 1.82) is 0 Å². The monoisotopic (exact) mass is 427 g/mol. The van der Waals surface area contributed by atoms with E-state index in [0.717, 1.165) is 58.9 Å². The third kappa shape index (κ3) is 3.54. The topological polar surface area (TPSA) is 89.2 Å². The van der Waals surface area contributed by atoms with E-state index in [1.807, 2.05) is 32.0 Å². The third-order valence-corrected chi connectivity index (χ3v) is 6.65. The molecule has 1 fully saturated rings.